The molecule has 1 N–H and O–H groups in total. The highest BCUT2D eigenvalue weighted by Gasteiger charge is 2.37. The quantitative estimate of drug-likeness (QED) is 0.259. The molecule has 1 aromatic heterocycles. The molecule has 4 amide bonds. The van der Waals surface area contributed by atoms with E-state index in [-0.39, 0.29) is 33.7 Å². The van der Waals surface area contributed by atoms with Crippen molar-refractivity contribution in [2.75, 3.05) is 19.1 Å². The van der Waals surface area contributed by atoms with E-state index in [1.54, 1.807) is 24.3 Å². The number of benzene rings is 2. The third-order valence-electron chi connectivity index (χ3n) is 5.18. The number of nitrogens with one attached hydrogen (secondary N) is 1. The van der Waals surface area contributed by atoms with Gasteiger partial charge in [0.25, 0.3) is 11.8 Å². The van der Waals surface area contributed by atoms with Gasteiger partial charge in [0.2, 0.25) is 5.76 Å². The van der Waals surface area contributed by atoms with Crippen molar-refractivity contribution in [2.24, 2.45) is 0 Å². The lowest BCUT2D eigenvalue weighted by atomic mass is 10.1. The summed E-state index contributed by atoms with van der Waals surface area (Å²) in [6, 6.07) is 11.0. The zero-order valence-corrected chi connectivity index (χ0v) is 20.9. The van der Waals surface area contributed by atoms with Crippen LogP contribution in [0.4, 0.5) is 10.5 Å². The number of esters is 1. The predicted octanol–water partition coefficient (Wildman–Crippen LogP) is 4.63. The Morgan fingerprint density at radius 1 is 1.00 bits per heavy atom. The summed E-state index contributed by atoms with van der Waals surface area (Å²) < 4.78 is 21.1. The van der Waals surface area contributed by atoms with E-state index in [1.807, 2.05) is 0 Å². The molecule has 0 bridgehead atoms. The Labute approximate surface area is 220 Å². The number of imide groups is 2. The van der Waals surface area contributed by atoms with Crippen LogP contribution >= 0.6 is 23.2 Å². The summed E-state index contributed by atoms with van der Waals surface area (Å²) in [5, 5.41) is 2.52. The third-order valence-corrected chi connectivity index (χ3v) is 5.92. The number of urea groups is 1. The molecule has 0 unspecified atom stereocenters. The van der Waals surface area contributed by atoms with Gasteiger partial charge in [-0.15, -0.1) is 0 Å². The average molecular weight is 545 g/mol. The van der Waals surface area contributed by atoms with E-state index in [4.69, 9.17) is 37.1 Å². The van der Waals surface area contributed by atoms with Crippen molar-refractivity contribution in [3.63, 3.8) is 0 Å². The first-order valence-electron chi connectivity index (χ1n) is 10.6. The topological polar surface area (TPSA) is 124 Å². The Morgan fingerprint density at radius 3 is 2.49 bits per heavy atom. The van der Waals surface area contributed by atoms with E-state index in [1.165, 1.54) is 44.6 Å². The number of ether oxygens (including phenoxy) is 3. The molecule has 37 heavy (non-hydrogen) atoms. The summed E-state index contributed by atoms with van der Waals surface area (Å²) >= 11 is 11.9. The second-order valence-corrected chi connectivity index (χ2v) is 8.33. The largest absolute Gasteiger partial charge is 0.493 e. The van der Waals surface area contributed by atoms with E-state index in [2.05, 4.69) is 10.1 Å². The number of anilines is 1. The Morgan fingerprint density at radius 2 is 1.78 bits per heavy atom. The van der Waals surface area contributed by atoms with E-state index in [9.17, 15) is 19.2 Å². The summed E-state index contributed by atoms with van der Waals surface area (Å²) in [5.41, 5.74) is 0.286. The van der Waals surface area contributed by atoms with Gasteiger partial charge < -0.3 is 18.6 Å². The molecule has 1 aliphatic rings. The fourth-order valence-electron chi connectivity index (χ4n) is 3.39. The van der Waals surface area contributed by atoms with Crippen LogP contribution in [0, 0.1) is 0 Å². The molecule has 10 nitrogen and oxygen atoms in total. The molecule has 0 atom stereocenters. The van der Waals surface area contributed by atoms with E-state index in [0.29, 0.717) is 22.8 Å². The minimum Gasteiger partial charge on any atom is -0.493 e. The summed E-state index contributed by atoms with van der Waals surface area (Å²) in [7, 11) is 2.67. The smallest absolute Gasteiger partial charge is 0.373 e. The van der Waals surface area contributed by atoms with Gasteiger partial charge in [-0.05, 0) is 54.1 Å². The molecular weight excluding hydrogens is 527 g/mol. The van der Waals surface area contributed by atoms with Crippen LogP contribution in [0.25, 0.3) is 6.08 Å². The van der Waals surface area contributed by atoms with Gasteiger partial charge in [0.05, 0.1) is 30.0 Å². The molecule has 2 aromatic carbocycles. The number of hydrogen-bond donors (Lipinski definition) is 1. The van der Waals surface area contributed by atoms with Gasteiger partial charge in [0, 0.05) is 0 Å². The van der Waals surface area contributed by atoms with Gasteiger partial charge in [0.15, 0.2) is 11.5 Å². The first-order valence-corrected chi connectivity index (χ1v) is 11.3. The number of rotatable bonds is 7. The fraction of sp³-hybridized carbons (Fsp3) is 0.120. The molecule has 1 saturated heterocycles. The minimum atomic E-state index is -0.917. The number of amides is 4. The number of carbonyl (C=O) groups is 4. The van der Waals surface area contributed by atoms with Gasteiger partial charge >= 0.3 is 12.0 Å². The van der Waals surface area contributed by atoms with E-state index >= 15 is 0 Å². The highest BCUT2D eigenvalue weighted by atomic mass is 35.5. The van der Waals surface area contributed by atoms with Crippen LogP contribution in [0.3, 0.4) is 0 Å². The number of furan rings is 1. The van der Waals surface area contributed by atoms with Crippen LogP contribution in [-0.2, 0) is 20.9 Å². The van der Waals surface area contributed by atoms with Crippen LogP contribution in [0.1, 0.15) is 21.9 Å². The SMILES string of the molecule is COC(=O)c1ccc(COc2ccc(/C=C3/C(=O)NC(=O)N(c4ccc(Cl)c(Cl)c4)C3=O)cc2OC)o1. The number of hydrogen-bond acceptors (Lipinski definition) is 8. The molecule has 0 aliphatic carbocycles. The van der Waals surface area contributed by atoms with Crippen LogP contribution in [0.5, 0.6) is 11.5 Å². The Bertz CT molecular complexity index is 1450. The molecule has 0 spiro atoms. The second kappa shape index (κ2) is 10.8. The zero-order valence-electron chi connectivity index (χ0n) is 19.4. The van der Waals surface area contributed by atoms with Crippen molar-refractivity contribution in [1.29, 1.82) is 0 Å². The minimum absolute atomic E-state index is 0.00456. The average Bonchev–Trinajstić information content (AvgIpc) is 3.36. The lowest BCUT2D eigenvalue weighted by molar-refractivity contribution is -0.122. The highest BCUT2D eigenvalue weighted by Crippen LogP contribution is 2.32. The second-order valence-electron chi connectivity index (χ2n) is 7.51. The highest BCUT2D eigenvalue weighted by molar-refractivity contribution is 6.43. The number of halogens is 2. The van der Waals surface area contributed by atoms with Crippen molar-refractivity contribution < 1.29 is 37.8 Å². The normalized spacial score (nSPS) is 14.5. The number of methoxy groups -OCH3 is 2. The number of barbiturate groups is 1. The summed E-state index contributed by atoms with van der Waals surface area (Å²) in [4.78, 5) is 50.3. The molecule has 3 aromatic rings. The standard InChI is InChI=1S/C25H18Cl2N2O8/c1-34-21-10-13(3-7-19(21)36-12-15-5-8-20(37-15)24(32)35-2)9-16-22(30)28-25(33)29(23(16)31)14-4-6-17(26)18(27)11-14/h3-11H,12H2,1-2H3,(H,28,30,33)/b16-9-. The molecule has 0 saturated carbocycles. The Hall–Kier alpha value is -4.28. The van der Waals surface area contributed by atoms with Gasteiger partial charge in [0.1, 0.15) is 17.9 Å². The molecule has 1 fully saturated rings. The molecule has 1 aliphatic heterocycles. The number of nitrogens with zero attached hydrogens (tertiary/aromatic N) is 1. The van der Waals surface area contributed by atoms with Crippen molar-refractivity contribution in [3.05, 3.63) is 81.2 Å². The van der Waals surface area contributed by atoms with Crippen LogP contribution in [0.2, 0.25) is 10.0 Å². The first-order chi connectivity index (χ1) is 17.7. The summed E-state index contributed by atoms with van der Waals surface area (Å²) in [5.74, 6) is -1.25. The molecule has 190 valence electrons. The third kappa shape index (κ3) is 5.45. The Balaban J connectivity index is 1.56. The predicted molar refractivity (Wildman–Crippen MR) is 133 cm³/mol. The molecular formula is C25H18Cl2N2O8. The lowest BCUT2D eigenvalue weighted by Crippen LogP contribution is -2.54. The van der Waals surface area contributed by atoms with E-state index < -0.39 is 23.8 Å². The van der Waals surface area contributed by atoms with Crippen LogP contribution in [-0.4, -0.2) is 38.0 Å². The summed E-state index contributed by atoms with van der Waals surface area (Å²) in [6.45, 7) is -0.00456. The molecule has 2 heterocycles. The Kier molecular flexibility index (Phi) is 7.51. The molecule has 0 radical (unpaired) electrons. The molecule has 12 heteroatoms. The maximum absolute atomic E-state index is 13.1. The maximum Gasteiger partial charge on any atom is 0.373 e. The van der Waals surface area contributed by atoms with Crippen molar-refractivity contribution in [3.8, 4) is 11.5 Å². The van der Waals surface area contributed by atoms with Crippen molar-refractivity contribution >= 4 is 58.8 Å². The zero-order chi connectivity index (χ0) is 26.7. The van der Waals surface area contributed by atoms with E-state index in [0.717, 1.165) is 4.90 Å². The van der Waals surface area contributed by atoms with Crippen molar-refractivity contribution in [1.82, 2.24) is 5.32 Å². The van der Waals surface area contributed by atoms with Gasteiger partial charge in [-0.1, -0.05) is 29.3 Å². The molecule has 4 rings (SSSR count). The van der Waals surface area contributed by atoms with Crippen LogP contribution < -0.4 is 19.7 Å². The van der Waals surface area contributed by atoms with Crippen LogP contribution in [0.15, 0.2) is 58.5 Å². The van der Waals surface area contributed by atoms with Crippen molar-refractivity contribution in [2.45, 2.75) is 6.61 Å². The van der Waals surface area contributed by atoms with Gasteiger partial charge in [-0.25, -0.2) is 14.5 Å². The van der Waals surface area contributed by atoms with Gasteiger partial charge in [-0.2, -0.15) is 0 Å². The monoisotopic (exact) mass is 544 g/mol. The van der Waals surface area contributed by atoms with Gasteiger partial charge in [-0.3, -0.25) is 14.9 Å². The lowest BCUT2D eigenvalue weighted by Gasteiger charge is -2.26. The fourth-order valence-corrected chi connectivity index (χ4v) is 3.68. The maximum atomic E-state index is 13.1. The number of carbonyl (C=O) groups excluding carboxylic acids is 4. The summed E-state index contributed by atoms with van der Waals surface area (Å²) in [6.07, 6.45) is 1.32. The first kappa shape index (κ1) is 25.8.